The fourth-order valence-electron chi connectivity index (χ4n) is 2.37. The van der Waals surface area contributed by atoms with Crippen LogP contribution in [0.5, 0.6) is 0 Å². The molecule has 1 aliphatic rings. The maximum absolute atomic E-state index is 13.4. The van der Waals surface area contributed by atoms with Gasteiger partial charge in [0, 0.05) is 34.4 Å². The normalized spacial score (nSPS) is 15.4. The number of benzene rings is 2. The van der Waals surface area contributed by atoms with Crippen molar-refractivity contribution in [2.45, 2.75) is 11.8 Å². The maximum Gasteiger partial charge on any atom is 0.221 e. The summed E-state index contributed by atoms with van der Waals surface area (Å²) < 4.78 is 13.4. The zero-order valence-corrected chi connectivity index (χ0v) is 13.2. The first-order chi connectivity index (χ1) is 11.0. The highest BCUT2D eigenvalue weighted by atomic mass is 32.2. The summed E-state index contributed by atoms with van der Waals surface area (Å²) in [5.41, 5.74) is 2.63. The van der Waals surface area contributed by atoms with Crippen molar-refractivity contribution in [1.29, 1.82) is 0 Å². The van der Waals surface area contributed by atoms with E-state index in [0.717, 1.165) is 10.5 Å². The van der Waals surface area contributed by atoms with Gasteiger partial charge in [-0.05, 0) is 42.0 Å². The Morgan fingerprint density at radius 2 is 1.96 bits per heavy atom. The standard InChI is InChI=1S/C18H14FNO2S/c1-11(21)20-15-5-2-12(3-6-15)8-13-10-23-17-7-4-14(19)9-16(17)18(13)22/h2-9H,10H2,1H3,(H,20,21)/b13-8+. The van der Waals surface area contributed by atoms with E-state index in [1.165, 1.54) is 30.8 Å². The molecule has 0 spiro atoms. The lowest BCUT2D eigenvalue weighted by Crippen LogP contribution is -2.12. The monoisotopic (exact) mass is 327 g/mol. The van der Waals surface area contributed by atoms with Gasteiger partial charge in [0.1, 0.15) is 5.82 Å². The second-order valence-electron chi connectivity index (χ2n) is 5.23. The van der Waals surface area contributed by atoms with Crippen molar-refractivity contribution in [3.8, 4) is 0 Å². The summed E-state index contributed by atoms with van der Waals surface area (Å²) in [5.74, 6) is -0.110. The Morgan fingerprint density at radius 1 is 1.22 bits per heavy atom. The molecule has 2 aromatic rings. The number of Topliss-reactive ketones (excluding diaryl/α,β-unsaturated/α-hetero) is 1. The molecule has 0 unspecified atom stereocenters. The summed E-state index contributed by atoms with van der Waals surface area (Å²) >= 11 is 1.53. The minimum Gasteiger partial charge on any atom is -0.326 e. The summed E-state index contributed by atoms with van der Waals surface area (Å²) in [6, 6.07) is 11.5. The molecule has 0 saturated carbocycles. The third-order valence-electron chi connectivity index (χ3n) is 3.43. The number of fused-ring (bicyclic) bond motifs is 1. The first-order valence-electron chi connectivity index (χ1n) is 7.08. The molecule has 0 radical (unpaired) electrons. The lowest BCUT2D eigenvalue weighted by atomic mass is 10.0. The molecular weight excluding hydrogens is 313 g/mol. The van der Waals surface area contributed by atoms with Gasteiger partial charge in [0.2, 0.25) is 5.91 Å². The third-order valence-corrected chi connectivity index (χ3v) is 4.56. The summed E-state index contributed by atoms with van der Waals surface area (Å²) in [6.07, 6.45) is 1.81. The van der Waals surface area contributed by atoms with Crippen LogP contribution in [0.4, 0.5) is 10.1 Å². The van der Waals surface area contributed by atoms with Crippen LogP contribution in [0.25, 0.3) is 6.08 Å². The predicted octanol–water partition coefficient (Wildman–Crippen LogP) is 4.16. The van der Waals surface area contributed by atoms with Crippen LogP contribution < -0.4 is 5.32 Å². The van der Waals surface area contributed by atoms with Crippen LogP contribution in [-0.2, 0) is 4.79 Å². The minimum atomic E-state index is -0.404. The van der Waals surface area contributed by atoms with Gasteiger partial charge in [-0.3, -0.25) is 9.59 Å². The molecule has 3 rings (SSSR count). The molecule has 23 heavy (non-hydrogen) atoms. The van der Waals surface area contributed by atoms with Gasteiger partial charge in [0.05, 0.1) is 0 Å². The number of hydrogen-bond donors (Lipinski definition) is 1. The van der Waals surface area contributed by atoms with Gasteiger partial charge in [-0.1, -0.05) is 12.1 Å². The van der Waals surface area contributed by atoms with Crippen LogP contribution in [0.3, 0.4) is 0 Å². The van der Waals surface area contributed by atoms with E-state index in [1.54, 1.807) is 24.3 Å². The topological polar surface area (TPSA) is 46.2 Å². The van der Waals surface area contributed by atoms with Crippen molar-refractivity contribution in [2.24, 2.45) is 0 Å². The molecule has 1 amide bonds. The molecule has 0 aliphatic carbocycles. The summed E-state index contributed by atoms with van der Waals surface area (Å²) in [5, 5.41) is 2.69. The molecule has 0 fully saturated rings. The molecule has 0 aromatic heterocycles. The van der Waals surface area contributed by atoms with Gasteiger partial charge in [-0.15, -0.1) is 11.8 Å². The molecule has 116 valence electrons. The number of rotatable bonds is 2. The first kappa shape index (κ1) is 15.5. The van der Waals surface area contributed by atoms with Crippen LogP contribution in [0.15, 0.2) is 52.9 Å². The molecule has 1 heterocycles. The quantitative estimate of drug-likeness (QED) is 0.843. The Balaban J connectivity index is 1.86. The van der Waals surface area contributed by atoms with Crippen molar-refractivity contribution in [3.63, 3.8) is 0 Å². The van der Waals surface area contributed by atoms with E-state index in [-0.39, 0.29) is 11.7 Å². The van der Waals surface area contributed by atoms with Crippen LogP contribution in [0.1, 0.15) is 22.8 Å². The number of ketones is 1. The number of carbonyl (C=O) groups excluding carboxylic acids is 2. The van der Waals surface area contributed by atoms with Crippen molar-refractivity contribution in [1.82, 2.24) is 0 Å². The van der Waals surface area contributed by atoms with Crippen molar-refractivity contribution in [3.05, 3.63) is 65.0 Å². The second kappa shape index (κ2) is 6.38. The smallest absolute Gasteiger partial charge is 0.221 e. The molecule has 1 aliphatic heterocycles. The highest BCUT2D eigenvalue weighted by Crippen LogP contribution is 2.33. The Hall–Kier alpha value is -2.40. The van der Waals surface area contributed by atoms with Gasteiger partial charge in [-0.2, -0.15) is 0 Å². The second-order valence-corrected chi connectivity index (χ2v) is 6.25. The molecule has 3 nitrogen and oxygen atoms in total. The van der Waals surface area contributed by atoms with E-state index in [4.69, 9.17) is 0 Å². The van der Waals surface area contributed by atoms with E-state index in [9.17, 15) is 14.0 Å². The van der Waals surface area contributed by atoms with Gasteiger partial charge < -0.3 is 5.32 Å². The molecule has 2 aromatic carbocycles. The maximum atomic E-state index is 13.4. The SMILES string of the molecule is CC(=O)Nc1ccc(/C=C2\CSc3ccc(F)cc3C2=O)cc1. The van der Waals surface area contributed by atoms with Crippen molar-refractivity contribution < 1.29 is 14.0 Å². The minimum absolute atomic E-state index is 0.131. The Labute approximate surface area is 137 Å². The number of thioether (sulfide) groups is 1. The number of carbonyl (C=O) groups is 2. The lowest BCUT2D eigenvalue weighted by Gasteiger charge is -2.17. The lowest BCUT2D eigenvalue weighted by molar-refractivity contribution is -0.114. The third kappa shape index (κ3) is 3.51. The summed E-state index contributed by atoms with van der Waals surface area (Å²) in [7, 11) is 0. The van der Waals surface area contributed by atoms with Gasteiger partial charge in [0.15, 0.2) is 5.78 Å². The Bertz CT molecular complexity index is 812. The average molecular weight is 327 g/mol. The molecule has 5 heteroatoms. The van der Waals surface area contributed by atoms with Gasteiger partial charge in [0.25, 0.3) is 0 Å². The number of anilines is 1. The zero-order valence-electron chi connectivity index (χ0n) is 12.4. The zero-order chi connectivity index (χ0) is 16.4. The highest BCUT2D eigenvalue weighted by molar-refractivity contribution is 7.99. The fourth-order valence-corrected chi connectivity index (χ4v) is 3.37. The van der Waals surface area contributed by atoms with Crippen molar-refractivity contribution >= 4 is 35.2 Å². The molecule has 1 N–H and O–H groups in total. The van der Waals surface area contributed by atoms with E-state index < -0.39 is 5.82 Å². The molecular formula is C18H14FNO2S. The fraction of sp³-hybridized carbons (Fsp3) is 0.111. The Kier molecular flexibility index (Phi) is 4.30. The van der Waals surface area contributed by atoms with Crippen LogP contribution in [-0.4, -0.2) is 17.4 Å². The summed E-state index contributed by atoms with van der Waals surface area (Å²) in [6.45, 7) is 1.45. The number of nitrogens with one attached hydrogen (secondary N) is 1. The largest absolute Gasteiger partial charge is 0.326 e. The number of hydrogen-bond acceptors (Lipinski definition) is 3. The molecule has 0 bridgehead atoms. The Morgan fingerprint density at radius 3 is 2.65 bits per heavy atom. The van der Waals surface area contributed by atoms with E-state index in [1.807, 2.05) is 12.1 Å². The molecule has 0 saturated heterocycles. The first-order valence-corrected chi connectivity index (χ1v) is 8.07. The van der Waals surface area contributed by atoms with Crippen LogP contribution in [0.2, 0.25) is 0 Å². The number of amides is 1. The van der Waals surface area contributed by atoms with Gasteiger partial charge in [-0.25, -0.2) is 4.39 Å². The highest BCUT2D eigenvalue weighted by Gasteiger charge is 2.22. The van der Waals surface area contributed by atoms with Crippen molar-refractivity contribution in [2.75, 3.05) is 11.1 Å². The van der Waals surface area contributed by atoms with Gasteiger partial charge >= 0.3 is 0 Å². The van der Waals surface area contributed by atoms with E-state index in [2.05, 4.69) is 5.32 Å². The molecule has 0 atom stereocenters. The number of halogens is 1. The average Bonchev–Trinajstić information content (AvgIpc) is 2.52. The van der Waals surface area contributed by atoms with Crippen LogP contribution >= 0.6 is 11.8 Å². The van der Waals surface area contributed by atoms with E-state index >= 15 is 0 Å². The van der Waals surface area contributed by atoms with E-state index in [0.29, 0.717) is 22.6 Å². The van der Waals surface area contributed by atoms with Crippen LogP contribution in [0, 0.1) is 5.82 Å². The predicted molar refractivity (Wildman–Crippen MR) is 90.2 cm³/mol. The summed E-state index contributed by atoms with van der Waals surface area (Å²) in [4.78, 5) is 24.3.